The van der Waals surface area contributed by atoms with Gasteiger partial charge in [0.05, 0.1) is 85.2 Å². The molecule has 0 radical (unpaired) electrons. The highest BCUT2D eigenvalue weighted by atomic mass is 32.2. The maximum atomic E-state index is 12.3. The first-order valence-electron chi connectivity index (χ1n) is 32.7. The molecule has 0 aliphatic heterocycles. The highest BCUT2D eigenvalue weighted by Gasteiger charge is 2.25. The summed E-state index contributed by atoms with van der Waals surface area (Å²) < 4.78 is 265. The number of azo groups is 4. The van der Waals surface area contributed by atoms with Crippen LogP contribution in [-0.2, 0) is 86.2 Å². The van der Waals surface area contributed by atoms with Crippen molar-refractivity contribution in [3.8, 4) is 17.7 Å². The fraction of sp³-hybridized carbons (Fsp3) is 0.274. The second-order valence-corrected chi connectivity index (χ2v) is 37.1. The third kappa shape index (κ3) is 32.1. The molecule has 0 saturated heterocycles. The maximum absolute atomic E-state index is 12.3. The summed E-state index contributed by atoms with van der Waals surface area (Å²) in [4.78, 5) is 27.1. The average Bonchev–Trinajstić information content (AvgIpc) is 1.60. The van der Waals surface area contributed by atoms with Gasteiger partial charge in [-0.1, -0.05) is 18.2 Å². The molecule has 47 nitrogen and oxygen atoms in total. The number of hydrogen-bond acceptors (Lipinski definition) is 40. The minimum Gasteiger partial charge on any atom is -0.493 e. The number of para-hydroxylation sites is 2. The van der Waals surface area contributed by atoms with Gasteiger partial charge >= 0.3 is 10.6 Å². The normalized spacial score (nSPS) is 12.2. The maximum Gasteiger partial charge on any atom is 0.425 e. The number of nitrogens with zero attached hydrogens (tertiary/aromatic N) is 15. The number of imidazole rings is 1. The lowest BCUT2D eigenvalue weighted by Crippen LogP contribution is -2.17. The van der Waals surface area contributed by atoms with Crippen LogP contribution in [0.1, 0.15) is 41.5 Å². The zero-order chi connectivity index (χ0) is 88.8. The first kappa shape index (κ1) is 97.1. The number of fused-ring (bicyclic) bond motifs is 3. The van der Waals surface area contributed by atoms with E-state index in [1.165, 1.54) is 59.9 Å². The van der Waals surface area contributed by atoms with Crippen LogP contribution in [0.3, 0.4) is 0 Å². The molecule has 11 N–H and O–H groups in total. The molecule has 119 heavy (non-hydrogen) atoms. The van der Waals surface area contributed by atoms with E-state index in [0.29, 0.717) is 34.5 Å². The number of methoxy groups -OCH3 is 1. The summed E-state index contributed by atoms with van der Waals surface area (Å²) in [5.74, 6) is -4.87. The Labute approximate surface area is 687 Å². The third-order valence-corrected chi connectivity index (χ3v) is 21.6. The standard InChI is InChI=1S/C59H58N18O22S8.C2H6O.CH4O3S.O3S/c1-33-24-47(51(100-18-8-21-103(84,85)86)30-42(33)69-68-41-15-14-37(77(79)80)27-53(41)107(96,97)98)73-70-43-31-52(101-19-9-22-104(87,88)89)48(25-34(43)2)74-71-45-29-50(99-17-7-20-102(81,82)83)46(72-75-54-35(3)39(32-60)55-63-40-12-4-5-13-49(40)76(55)56(54)78)28-44(45)64-59-66-57(61-16-23-105(90,91)92)65-58(67-59)62-36-10-6-11-38(26-36)106(93,94)95;1-3-2;1-5(2,3)4;1-4(2)3/h4-6,10-15,24-31,78H,7-9,16-23H2,1-3H3,(H,81,82,83)(H,84,85,86)(H,87,88,89)(H,90,91,92)(H,93,94,95)(H,96,97,98)(H3,61,62,64,65,66,67);1-2H3;1H3,(H,2,3,4);. The van der Waals surface area contributed by atoms with Crippen LogP contribution in [0.5, 0.6) is 11.6 Å². The second-order valence-electron chi connectivity index (χ2n) is 23.9. The van der Waals surface area contributed by atoms with Gasteiger partial charge in [-0.05, 0) is 129 Å². The van der Waals surface area contributed by atoms with Crippen molar-refractivity contribution in [2.45, 2.75) is 59.6 Å². The predicted octanol–water partition coefficient (Wildman–Crippen LogP) is 11.2. The molecule has 57 heteroatoms. The minimum absolute atomic E-state index is 0.00742. The van der Waals surface area contributed by atoms with E-state index < -0.39 is 156 Å². The van der Waals surface area contributed by atoms with E-state index >= 15 is 0 Å². The van der Waals surface area contributed by atoms with E-state index in [1.807, 2.05) is 0 Å². The minimum atomic E-state index is -5.08. The molecule has 0 spiro atoms. The Balaban J connectivity index is 0.00000171. The Morgan fingerprint density at radius 2 is 1.05 bits per heavy atom. The van der Waals surface area contributed by atoms with E-state index in [1.54, 1.807) is 52.3 Å². The Hall–Kier alpha value is -10.8. The number of nitro groups is 1. The van der Waals surface area contributed by atoms with Crippen LogP contribution in [0.4, 0.5) is 80.4 Å². The summed E-state index contributed by atoms with van der Waals surface area (Å²) in [5.41, 5.74) is -0.0545. The number of non-ortho nitro benzene ring substituents is 1. The smallest absolute Gasteiger partial charge is 0.425 e. The number of ether oxygens (including phenoxy) is 2. The van der Waals surface area contributed by atoms with Crippen molar-refractivity contribution in [1.82, 2.24) is 24.3 Å². The highest BCUT2D eigenvalue weighted by Crippen LogP contribution is 2.46. The molecular formula is C62H68N18O29S10. The molecule has 0 unspecified atom stereocenters. The molecule has 0 saturated carbocycles. The second kappa shape index (κ2) is 42.2. The van der Waals surface area contributed by atoms with Crippen LogP contribution in [0, 0.1) is 42.2 Å². The van der Waals surface area contributed by atoms with Crippen molar-refractivity contribution in [2.24, 2.45) is 40.9 Å². The van der Waals surface area contributed by atoms with Gasteiger partial charge in [0.15, 0.2) is 11.3 Å². The Kier molecular flexibility index (Phi) is 34.5. The molecule has 0 fully saturated rings. The molecule has 640 valence electrons. The molecule has 9 rings (SSSR count). The van der Waals surface area contributed by atoms with E-state index in [2.05, 4.69) is 87.6 Å². The lowest BCUT2D eigenvalue weighted by atomic mass is 10.1. The fourth-order valence-electron chi connectivity index (χ4n) is 9.53. The number of benzene rings is 6. The number of aromatic nitrogens is 5. The Morgan fingerprint density at radius 3 is 1.56 bits per heavy atom. The van der Waals surface area contributed by atoms with Gasteiger partial charge in [-0.15, -0.1) is 66.8 Å². The topological polar surface area (TPSA) is 728 Å². The van der Waals surface area contributed by atoms with Crippen LogP contribution in [0.2, 0.25) is 0 Å². The van der Waals surface area contributed by atoms with Gasteiger partial charge in [-0.25, -0.2) is 4.98 Å². The van der Waals surface area contributed by atoms with Gasteiger partial charge < -0.3 is 30.5 Å². The third-order valence-electron chi connectivity index (χ3n) is 14.5. The van der Waals surface area contributed by atoms with Crippen LogP contribution < -0.4 is 20.7 Å². The van der Waals surface area contributed by atoms with Crippen molar-refractivity contribution < 1.29 is 123 Å². The van der Waals surface area contributed by atoms with Crippen molar-refractivity contribution >= 4 is 202 Å². The lowest BCUT2D eigenvalue weighted by molar-refractivity contribution is -0.385. The Bertz CT molecular complexity index is 6470. The zero-order valence-electron chi connectivity index (χ0n) is 62.0. The molecule has 0 atom stereocenters. The first-order chi connectivity index (χ1) is 55.3. The molecule has 6 aromatic carbocycles. The van der Waals surface area contributed by atoms with Gasteiger partial charge in [0.2, 0.25) is 23.7 Å². The van der Waals surface area contributed by atoms with Crippen molar-refractivity contribution in [1.29, 1.82) is 5.26 Å². The molecule has 9 aromatic rings. The fourth-order valence-corrected chi connectivity index (χ4v) is 14.8. The lowest BCUT2D eigenvalue weighted by Gasteiger charge is -2.15. The molecule has 3 heterocycles. The molecule has 3 aromatic heterocycles. The number of aryl methyl sites for hydroxylation is 2. The van der Waals surface area contributed by atoms with E-state index in [0.717, 1.165) is 47.8 Å². The van der Waals surface area contributed by atoms with Crippen LogP contribution in [0.15, 0.2) is 164 Å². The average molecular weight is 1850 g/mol. The van der Waals surface area contributed by atoms with Gasteiger partial charge in [-0.2, -0.15) is 89.4 Å². The summed E-state index contributed by atoms with van der Waals surface area (Å²) >= 11 is 2.05. The summed E-state index contributed by atoms with van der Waals surface area (Å²) in [6, 6.07) is 24.3. The Morgan fingerprint density at radius 1 is 0.563 bits per heavy atom. The van der Waals surface area contributed by atoms with Gasteiger partial charge in [0.1, 0.15) is 39.3 Å². The van der Waals surface area contributed by atoms with Crippen LogP contribution in [-0.4, -0.2) is 206 Å². The highest BCUT2D eigenvalue weighted by molar-refractivity contribution is 7.99. The monoisotopic (exact) mass is 1850 g/mol. The number of anilines is 5. The van der Waals surface area contributed by atoms with Crippen molar-refractivity contribution in [2.75, 3.05) is 84.1 Å². The summed E-state index contributed by atoms with van der Waals surface area (Å²) in [5, 5.41) is 77.3. The number of hydrogen-bond donors (Lipinski definition) is 11. The number of aromatic hydroxyl groups is 1. The van der Waals surface area contributed by atoms with E-state index in [-0.39, 0.29) is 126 Å². The van der Waals surface area contributed by atoms with Gasteiger partial charge in [-0.3, -0.25) is 46.4 Å². The largest absolute Gasteiger partial charge is 0.493 e. The van der Waals surface area contributed by atoms with Crippen LogP contribution in [0.25, 0.3) is 16.7 Å². The number of nitriles is 1. The molecule has 0 amide bonds. The number of nitrogens with one attached hydrogen (secondary N) is 3. The zero-order valence-corrected chi connectivity index (χ0v) is 70.2. The van der Waals surface area contributed by atoms with Gasteiger partial charge in [0.25, 0.3) is 76.5 Å². The molecular weight excluding hydrogens is 1780 g/mol. The predicted molar refractivity (Wildman–Crippen MR) is 430 cm³/mol. The number of pyridine rings is 1. The van der Waals surface area contributed by atoms with Gasteiger partial charge in [0, 0.05) is 60.0 Å². The molecule has 0 aliphatic rings. The van der Waals surface area contributed by atoms with Crippen LogP contribution >= 0.6 is 23.5 Å². The number of rotatable bonds is 34. The SMILES string of the molecule is COC.CS(=O)(=O)O.Cc1cc(N=Nc2cc(OCCCS(=O)(=O)O)c(N=Nc3c(C)c(C#N)c4nc5ccccc5n4c3O)cc2Nc2nc(NCCS(=O)(=O)O)nc(Nc3cccc(S(=O)(=O)O)c3)n2)c(SCCCS(=O)(=O)O)cc1N=Nc1cc(C)c(N=Nc2ccc([N+](=O)[O-])cc2S(=O)(=O)O)cc1SCCCS(=O)(=O)O.O=S(=O)=O. The van der Waals surface area contributed by atoms with Crippen molar-refractivity contribution in [3.63, 3.8) is 0 Å². The first-order valence-corrected chi connectivity index (χ1v) is 46.8. The number of thioether (sulfide) groups is 2. The quantitative estimate of drug-likeness (QED) is 0.00445. The summed E-state index contributed by atoms with van der Waals surface area (Å²) in [6.45, 7) is 3.65. The van der Waals surface area contributed by atoms with E-state index in [9.17, 15) is 107 Å². The van der Waals surface area contributed by atoms with Crippen molar-refractivity contribution in [3.05, 3.63) is 135 Å². The number of nitro benzene ring substituents is 1. The van der Waals surface area contributed by atoms with E-state index in [4.69, 9.17) is 21.9 Å². The summed E-state index contributed by atoms with van der Waals surface area (Å²) in [7, 11) is -31.4. The summed E-state index contributed by atoms with van der Waals surface area (Å²) in [6.07, 6.45) is 0.185. The molecule has 0 aliphatic carbocycles. The molecule has 0 bridgehead atoms.